The summed E-state index contributed by atoms with van der Waals surface area (Å²) >= 11 is 0. The first-order valence-electron chi connectivity index (χ1n) is 6.53. The molecule has 0 atom stereocenters. The summed E-state index contributed by atoms with van der Waals surface area (Å²) in [7, 11) is 1.78. The minimum absolute atomic E-state index is 0.0104. The monoisotopic (exact) mass is 303 g/mol. The Morgan fingerprint density at radius 2 is 2.10 bits per heavy atom. The van der Waals surface area contributed by atoms with Crippen molar-refractivity contribution in [1.82, 2.24) is 4.90 Å². The van der Waals surface area contributed by atoms with Crippen LogP contribution in [0.1, 0.15) is 18.9 Å². The van der Waals surface area contributed by atoms with Gasteiger partial charge in [0, 0.05) is 13.1 Å². The van der Waals surface area contributed by atoms with E-state index in [1.807, 2.05) is 4.90 Å². The van der Waals surface area contributed by atoms with Gasteiger partial charge < -0.3 is 19.5 Å². The molecule has 0 radical (unpaired) electrons. The number of hydrogen-bond acceptors (Lipinski definition) is 4. The second-order valence-electron chi connectivity index (χ2n) is 4.47. The predicted octanol–water partition coefficient (Wildman–Crippen LogP) is 2.59. The van der Waals surface area contributed by atoms with E-state index < -0.39 is 12.6 Å². The van der Waals surface area contributed by atoms with E-state index in [0.29, 0.717) is 19.7 Å². The molecule has 0 saturated carbocycles. The van der Waals surface area contributed by atoms with E-state index in [9.17, 15) is 13.6 Å². The Hall–Kier alpha value is -1.89. The Morgan fingerprint density at radius 3 is 2.67 bits per heavy atom. The number of hydrogen-bond donors (Lipinski definition) is 1. The molecule has 1 aromatic carbocycles. The fraction of sp³-hybridized carbons (Fsp3) is 0.500. The van der Waals surface area contributed by atoms with E-state index in [-0.39, 0.29) is 17.9 Å². The summed E-state index contributed by atoms with van der Waals surface area (Å²) in [5.41, 5.74) is 0.827. The molecule has 0 aromatic heterocycles. The maximum absolute atomic E-state index is 12.3. The fourth-order valence-corrected chi connectivity index (χ4v) is 1.79. The van der Waals surface area contributed by atoms with Crippen molar-refractivity contribution in [3.05, 3.63) is 23.8 Å². The third-order valence-electron chi connectivity index (χ3n) is 2.68. The van der Waals surface area contributed by atoms with E-state index in [4.69, 9.17) is 9.84 Å². The Balaban J connectivity index is 2.74. The molecule has 1 rings (SSSR count). The Morgan fingerprint density at radius 1 is 1.38 bits per heavy atom. The molecule has 1 N–H and O–H groups in total. The van der Waals surface area contributed by atoms with Gasteiger partial charge in [-0.3, -0.25) is 4.79 Å². The van der Waals surface area contributed by atoms with Crippen molar-refractivity contribution < 1.29 is 28.2 Å². The summed E-state index contributed by atoms with van der Waals surface area (Å²) in [6, 6.07) is 4.70. The zero-order valence-electron chi connectivity index (χ0n) is 12.0. The zero-order chi connectivity index (χ0) is 15.8. The largest absolute Gasteiger partial charge is 0.490 e. The van der Waals surface area contributed by atoms with Crippen LogP contribution in [0.3, 0.4) is 0 Å². The molecule has 0 spiro atoms. The van der Waals surface area contributed by atoms with E-state index in [2.05, 4.69) is 4.74 Å². The smallest absolute Gasteiger partial charge is 0.387 e. The van der Waals surface area contributed by atoms with Gasteiger partial charge in [-0.2, -0.15) is 8.78 Å². The predicted molar refractivity (Wildman–Crippen MR) is 72.8 cm³/mol. The average molecular weight is 303 g/mol. The number of rotatable bonds is 9. The van der Waals surface area contributed by atoms with Gasteiger partial charge in [0.15, 0.2) is 11.5 Å². The van der Waals surface area contributed by atoms with Crippen LogP contribution in [-0.2, 0) is 11.3 Å². The van der Waals surface area contributed by atoms with E-state index in [1.165, 1.54) is 6.07 Å². The molecular formula is C14H19F2NO4. The molecule has 0 aliphatic rings. The lowest BCUT2D eigenvalue weighted by atomic mass is 10.2. The highest BCUT2D eigenvalue weighted by Crippen LogP contribution is 2.30. The maximum atomic E-state index is 12.3. The average Bonchev–Trinajstić information content (AvgIpc) is 2.39. The molecule has 0 heterocycles. The summed E-state index contributed by atoms with van der Waals surface area (Å²) in [6.45, 7) is 0.0559. The van der Waals surface area contributed by atoms with Gasteiger partial charge in [0.1, 0.15) is 0 Å². The van der Waals surface area contributed by atoms with Crippen LogP contribution >= 0.6 is 0 Å². The molecule has 118 valence electrons. The second-order valence-corrected chi connectivity index (χ2v) is 4.47. The maximum Gasteiger partial charge on any atom is 0.387 e. The first-order chi connectivity index (χ1) is 9.92. The van der Waals surface area contributed by atoms with E-state index in [1.54, 1.807) is 26.1 Å². The molecule has 0 bridgehead atoms. The minimum atomic E-state index is -2.91. The number of alkyl halides is 2. The molecule has 21 heavy (non-hydrogen) atoms. The van der Waals surface area contributed by atoms with Crippen molar-refractivity contribution in [1.29, 1.82) is 0 Å². The summed E-state index contributed by atoms with van der Waals surface area (Å²) in [4.78, 5) is 12.3. The fourth-order valence-electron chi connectivity index (χ4n) is 1.79. The Bertz CT molecular complexity index is 468. The second kappa shape index (κ2) is 8.41. The van der Waals surface area contributed by atoms with Gasteiger partial charge in [-0.15, -0.1) is 0 Å². The number of carbonyl (C=O) groups is 1. The number of aliphatic carboxylic acids is 1. The van der Waals surface area contributed by atoms with Crippen LogP contribution in [-0.4, -0.2) is 42.8 Å². The normalized spacial score (nSPS) is 11.0. The standard InChI is InChI=1S/C14H19F2NO4/c1-3-20-12-8-10(4-5-11(12)21-14(15)16)9-17(2)7-6-13(18)19/h4-5,8,14H,3,6-7,9H2,1-2H3,(H,18,19). The molecule has 0 saturated heterocycles. The highest BCUT2D eigenvalue weighted by atomic mass is 19.3. The van der Waals surface area contributed by atoms with Gasteiger partial charge in [-0.05, 0) is 31.7 Å². The van der Waals surface area contributed by atoms with Crippen molar-refractivity contribution in [2.24, 2.45) is 0 Å². The first-order valence-corrected chi connectivity index (χ1v) is 6.53. The molecule has 0 aliphatic heterocycles. The molecule has 1 aromatic rings. The molecular weight excluding hydrogens is 284 g/mol. The number of benzene rings is 1. The highest BCUT2D eigenvalue weighted by Gasteiger charge is 2.12. The first kappa shape index (κ1) is 17.2. The Labute approximate surface area is 122 Å². The highest BCUT2D eigenvalue weighted by molar-refractivity contribution is 5.66. The topological polar surface area (TPSA) is 59.0 Å². The van der Waals surface area contributed by atoms with Crippen LogP contribution < -0.4 is 9.47 Å². The van der Waals surface area contributed by atoms with Gasteiger partial charge in [0.2, 0.25) is 0 Å². The molecule has 0 aliphatic carbocycles. The van der Waals surface area contributed by atoms with Gasteiger partial charge in [-0.25, -0.2) is 0 Å². The lowest BCUT2D eigenvalue weighted by Crippen LogP contribution is -2.21. The third kappa shape index (κ3) is 6.40. The summed E-state index contributed by atoms with van der Waals surface area (Å²) in [6.07, 6.45) is 0.0430. The van der Waals surface area contributed by atoms with Crippen LogP contribution in [0.5, 0.6) is 11.5 Å². The number of nitrogens with zero attached hydrogens (tertiary/aromatic N) is 1. The molecule has 0 amide bonds. The van der Waals surface area contributed by atoms with Crippen LogP contribution in [0, 0.1) is 0 Å². The van der Waals surface area contributed by atoms with Crippen molar-refractivity contribution >= 4 is 5.97 Å². The Kier molecular flexibility index (Phi) is 6.87. The van der Waals surface area contributed by atoms with Crippen molar-refractivity contribution in [2.75, 3.05) is 20.2 Å². The van der Waals surface area contributed by atoms with Crippen molar-refractivity contribution in [3.8, 4) is 11.5 Å². The van der Waals surface area contributed by atoms with Crippen LogP contribution in [0.2, 0.25) is 0 Å². The summed E-state index contributed by atoms with van der Waals surface area (Å²) < 4.78 is 34.2. The third-order valence-corrected chi connectivity index (χ3v) is 2.68. The number of carboxylic acid groups (broad SMARTS) is 1. The van der Waals surface area contributed by atoms with Gasteiger partial charge in [0.25, 0.3) is 0 Å². The minimum Gasteiger partial charge on any atom is -0.490 e. The SMILES string of the molecule is CCOc1cc(CN(C)CCC(=O)O)ccc1OC(F)F. The summed E-state index contributed by atoms with van der Waals surface area (Å²) in [5, 5.41) is 8.63. The van der Waals surface area contributed by atoms with E-state index in [0.717, 1.165) is 5.56 Å². The van der Waals surface area contributed by atoms with Crippen molar-refractivity contribution in [3.63, 3.8) is 0 Å². The lowest BCUT2D eigenvalue weighted by Gasteiger charge is -2.17. The van der Waals surface area contributed by atoms with Gasteiger partial charge in [-0.1, -0.05) is 6.07 Å². The van der Waals surface area contributed by atoms with Crippen LogP contribution in [0.25, 0.3) is 0 Å². The number of carboxylic acids is 1. The van der Waals surface area contributed by atoms with Gasteiger partial charge in [0.05, 0.1) is 13.0 Å². The number of ether oxygens (including phenoxy) is 2. The molecule has 0 fully saturated rings. The summed E-state index contributed by atoms with van der Waals surface area (Å²) in [5.74, 6) is -0.622. The quantitative estimate of drug-likeness (QED) is 0.760. The van der Waals surface area contributed by atoms with E-state index >= 15 is 0 Å². The van der Waals surface area contributed by atoms with Crippen molar-refractivity contribution in [2.45, 2.75) is 26.5 Å². The molecule has 7 heteroatoms. The van der Waals surface area contributed by atoms with Crippen LogP contribution in [0.15, 0.2) is 18.2 Å². The number of halogens is 2. The van der Waals surface area contributed by atoms with Gasteiger partial charge >= 0.3 is 12.6 Å². The molecule has 0 unspecified atom stereocenters. The van der Waals surface area contributed by atoms with Crippen LogP contribution in [0.4, 0.5) is 8.78 Å². The lowest BCUT2D eigenvalue weighted by molar-refractivity contribution is -0.137. The zero-order valence-corrected chi connectivity index (χ0v) is 12.0. The molecule has 5 nitrogen and oxygen atoms in total.